The molecule has 254 valence electrons. The van der Waals surface area contributed by atoms with Crippen molar-refractivity contribution in [2.45, 2.75) is 49.5 Å². The fraction of sp³-hybridized carbons (Fsp3) is 0.294. The van der Waals surface area contributed by atoms with Crippen molar-refractivity contribution in [2.75, 3.05) is 28.2 Å². The van der Waals surface area contributed by atoms with Crippen LogP contribution in [0.25, 0.3) is 22.1 Å². The zero-order chi connectivity index (χ0) is 44.5. The van der Waals surface area contributed by atoms with Gasteiger partial charge in [0.2, 0.25) is 0 Å². The summed E-state index contributed by atoms with van der Waals surface area (Å²) >= 11 is 0. The summed E-state index contributed by atoms with van der Waals surface area (Å²) in [5, 5.41) is 0.354. The Bertz CT molecular complexity index is 2400. The zero-order valence-electron chi connectivity index (χ0n) is 38.8. The molecule has 0 unspecified atom stereocenters. The highest BCUT2D eigenvalue weighted by Crippen LogP contribution is 2.28. The van der Waals surface area contributed by atoms with Gasteiger partial charge >= 0.3 is 0 Å². The highest BCUT2D eigenvalue weighted by atomic mass is 32.2. The number of pyridine rings is 2. The van der Waals surface area contributed by atoms with Gasteiger partial charge in [-0.15, -0.1) is 0 Å². The topological polar surface area (TPSA) is 154 Å². The Hall–Kier alpha value is -4.05. The number of hydrogen-bond acceptors (Lipinski definition) is 10. The normalized spacial score (nSPS) is 16.7. The van der Waals surface area contributed by atoms with Crippen LogP contribution >= 0.6 is 0 Å². The van der Waals surface area contributed by atoms with E-state index < -0.39 is 49.8 Å². The number of fused-ring (bicyclic) bond motifs is 2. The van der Waals surface area contributed by atoms with E-state index in [1.165, 1.54) is 36.7 Å². The first kappa shape index (κ1) is 24.2. The SMILES string of the molecule is [2H]C([2H])([2H])Oc1ccc2nc([S@@](=O)Cc3ncc(C)c(OC([2H])([2H])[2H])c3C)[nH]c2c1.[2H]C([2H])([2H])Oc1ccc2nc([S@@](=O)Cc3ncc(C)c(OC([2H])([2H])[2H])c3C)[nH]c2c1.[Mg]. The van der Waals surface area contributed by atoms with Gasteiger partial charge in [-0.05, 0) is 52.0 Å². The third kappa shape index (κ3) is 8.40. The Morgan fingerprint density at radius 2 is 1.06 bits per heavy atom. The molecule has 2 radical (unpaired) electrons. The highest BCUT2D eigenvalue weighted by molar-refractivity contribution is 7.84. The summed E-state index contributed by atoms with van der Waals surface area (Å²) < 4.78 is 132. The van der Waals surface area contributed by atoms with E-state index in [4.69, 9.17) is 35.4 Å². The molecule has 0 aliphatic rings. The van der Waals surface area contributed by atoms with Crippen molar-refractivity contribution in [1.29, 1.82) is 0 Å². The maximum Gasteiger partial charge on any atom is 0.197 e. The van der Waals surface area contributed by atoms with Crippen molar-refractivity contribution in [1.82, 2.24) is 29.9 Å². The molecule has 0 saturated heterocycles. The Morgan fingerprint density at radius 1 is 0.653 bits per heavy atom. The number of ether oxygens (including phenoxy) is 4. The van der Waals surface area contributed by atoms with Gasteiger partial charge in [0.1, 0.15) is 23.0 Å². The second kappa shape index (κ2) is 16.6. The largest absolute Gasteiger partial charge is 0.497 e. The molecule has 49 heavy (non-hydrogen) atoms. The summed E-state index contributed by atoms with van der Waals surface area (Å²) in [4.78, 5) is 22.9. The summed E-state index contributed by atoms with van der Waals surface area (Å²) in [5.41, 5.74) is 4.88. The molecule has 0 bridgehead atoms. The molecule has 0 fully saturated rings. The van der Waals surface area contributed by atoms with Crippen molar-refractivity contribution in [3.63, 3.8) is 0 Å². The third-order valence-electron chi connectivity index (χ3n) is 7.36. The molecule has 12 nitrogen and oxygen atoms in total. The van der Waals surface area contributed by atoms with Crippen molar-refractivity contribution < 1.29 is 43.8 Å². The summed E-state index contributed by atoms with van der Waals surface area (Å²) in [6.45, 7) is 6.68. The molecule has 15 heteroatoms. The number of aromatic nitrogens is 6. The van der Waals surface area contributed by atoms with Crippen LogP contribution in [0.15, 0.2) is 59.1 Å². The maximum atomic E-state index is 12.8. The number of nitrogens with zero attached hydrogens (tertiary/aromatic N) is 4. The lowest BCUT2D eigenvalue weighted by atomic mass is 10.1. The minimum absolute atomic E-state index is 0. The Balaban J connectivity index is 0.000000264. The molecule has 0 aliphatic heterocycles. The van der Waals surface area contributed by atoms with E-state index in [1.807, 2.05) is 0 Å². The number of aryl methyl sites for hydroxylation is 2. The van der Waals surface area contributed by atoms with Crippen LogP contribution in [0.3, 0.4) is 0 Å². The lowest BCUT2D eigenvalue weighted by Gasteiger charge is -2.11. The molecule has 6 rings (SSSR count). The van der Waals surface area contributed by atoms with Gasteiger partial charge in [0.25, 0.3) is 0 Å². The number of H-pyrrole nitrogens is 2. The number of hydrogen-bond donors (Lipinski definition) is 2. The van der Waals surface area contributed by atoms with Crippen molar-refractivity contribution in [2.24, 2.45) is 0 Å². The Kier molecular flexibility index (Phi) is 8.17. The third-order valence-corrected chi connectivity index (χ3v) is 9.68. The minimum Gasteiger partial charge on any atom is -0.497 e. The van der Waals surface area contributed by atoms with Gasteiger partial charge in [0, 0.05) is 69.8 Å². The molecule has 2 aromatic carbocycles. The zero-order valence-corrected chi connectivity index (χ0v) is 29.8. The average molecular weight is 727 g/mol. The molecule has 2 N–H and O–H groups in total. The second-order valence-corrected chi connectivity index (χ2v) is 13.2. The number of nitrogens with one attached hydrogen (secondary N) is 2. The van der Waals surface area contributed by atoms with Crippen LogP contribution < -0.4 is 18.9 Å². The molecule has 0 spiro atoms. The van der Waals surface area contributed by atoms with E-state index in [0.29, 0.717) is 55.7 Å². The first-order valence-electron chi connectivity index (χ1n) is 20.1. The van der Waals surface area contributed by atoms with Crippen LogP contribution in [-0.2, 0) is 33.1 Å². The van der Waals surface area contributed by atoms with Crippen LogP contribution in [0.1, 0.15) is 50.1 Å². The van der Waals surface area contributed by atoms with Crippen LogP contribution in [-0.4, -0.2) is 89.5 Å². The van der Waals surface area contributed by atoms with E-state index >= 15 is 0 Å². The van der Waals surface area contributed by atoms with E-state index in [-0.39, 0.29) is 67.9 Å². The van der Waals surface area contributed by atoms with Gasteiger partial charge in [-0.25, -0.2) is 9.97 Å². The first-order valence-corrected chi connectivity index (χ1v) is 16.7. The highest BCUT2D eigenvalue weighted by Gasteiger charge is 2.18. The summed E-state index contributed by atoms with van der Waals surface area (Å²) in [7, 11) is -13.6. The summed E-state index contributed by atoms with van der Waals surface area (Å²) in [5.74, 6) is 0.613. The quantitative estimate of drug-likeness (QED) is 0.175. The molecular formula is C34H38MgN6O6S2. The molecule has 0 saturated carbocycles. The molecule has 0 amide bonds. The van der Waals surface area contributed by atoms with E-state index in [9.17, 15) is 8.42 Å². The molecule has 6 aromatic rings. The maximum absolute atomic E-state index is 12.8. The summed E-state index contributed by atoms with van der Waals surface area (Å²) in [6.07, 6.45) is 2.94. The van der Waals surface area contributed by atoms with Gasteiger partial charge in [-0.3, -0.25) is 18.4 Å². The van der Waals surface area contributed by atoms with Gasteiger partial charge in [-0.2, -0.15) is 0 Å². The van der Waals surface area contributed by atoms with E-state index in [0.717, 1.165) is 0 Å². The van der Waals surface area contributed by atoms with Crippen molar-refractivity contribution in [3.8, 4) is 23.0 Å². The van der Waals surface area contributed by atoms with Crippen LogP contribution in [0, 0.1) is 27.7 Å². The second-order valence-electron chi connectivity index (χ2n) is 10.5. The van der Waals surface area contributed by atoms with Crippen LogP contribution in [0.5, 0.6) is 23.0 Å². The molecule has 4 heterocycles. The predicted octanol–water partition coefficient (Wildman–Crippen LogP) is 5.42. The fourth-order valence-corrected chi connectivity index (χ4v) is 6.98. The lowest BCUT2D eigenvalue weighted by Crippen LogP contribution is -2.05. The predicted molar refractivity (Wildman–Crippen MR) is 192 cm³/mol. The minimum atomic E-state index is -2.61. The first-order chi connectivity index (χ1) is 27.6. The van der Waals surface area contributed by atoms with Gasteiger partial charge in [-0.1, -0.05) is 0 Å². The number of benzene rings is 2. The number of rotatable bonds is 10. The summed E-state index contributed by atoms with van der Waals surface area (Å²) in [6, 6.07) is 8.98. The van der Waals surface area contributed by atoms with Crippen LogP contribution in [0.4, 0.5) is 0 Å². The number of aromatic amines is 2. The monoisotopic (exact) mass is 726 g/mol. The van der Waals surface area contributed by atoms with Gasteiger partial charge in [0.05, 0.1) is 111 Å². The average Bonchev–Trinajstić information content (AvgIpc) is 3.73. The van der Waals surface area contributed by atoms with E-state index in [2.05, 4.69) is 29.9 Å². The molecular weight excluding hydrogens is 677 g/mol. The Morgan fingerprint density at radius 3 is 1.45 bits per heavy atom. The van der Waals surface area contributed by atoms with Gasteiger partial charge < -0.3 is 28.9 Å². The van der Waals surface area contributed by atoms with Crippen molar-refractivity contribution in [3.05, 3.63) is 82.4 Å². The standard InChI is InChI=1S/2C17H19N3O3S.Mg/c2*1-10-8-18-15(11(2)16(10)23-4)9-24(21)17-19-13-6-5-12(22-3)7-14(13)20-17;/h2*5-8H,9H2,1-4H3,(H,19,20);/t2*24-;/m00./s1/i2*3D3,4D3;. The fourth-order valence-electron chi connectivity index (χ4n) is 4.78. The molecule has 4 aromatic heterocycles. The lowest BCUT2D eigenvalue weighted by molar-refractivity contribution is 0.407. The van der Waals surface area contributed by atoms with Crippen LogP contribution in [0.2, 0.25) is 0 Å². The number of methoxy groups -OCH3 is 4. The smallest absolute Gasteiger partial charge is 0.197 e. The molecule has 2 atom stereocenters. The molecule has 0 aliphatic carbocycles. The number of imidazole rings is 2. The van der Waals surface area contributed by atoms with E-state index in [1.54, 1.807) is 39.8 Å². The Labute approximate surface area is 322 Å². The van der Waals surface area contributed by atoms with Crippen molar-refractivity contribution >= 4 is 66.7 Å². The van der Waals surface area contributed by atoms with Gasteiger partial charge in [0.15, 0.2) is 10.3 Å².